The second kappa shape index (κ2) is 7.33. The normalized spacial score (nSPS) is 17.0. The molecule has 25 heavy (non-hydrogen) atoms. The fourth-order valence-electron chi connectivity index (χ4n) is 3.09. The zero-order valence-corrected chi connectivity index (χ0v) is 14.7. The molecule has 0 saturated carbocycles. The largest absolute Gasteiger partial charge is 0.376 e. The van der Waals surface area contributed by atoms with E-state index in [4.69, 9.17) is 4.74 Å². The molecule has 3 aromatic rings. The Kier molecular flexibility index (Phi) is 4.76. The van der Waals surface area contributed by atoms with E-state index in [2.05, 4.69) is 34.6 Å². The van der Waals surface area contributed by atoms with Crippen LogP contribution in [-0.2, 0) is 16.0 Å². The second-order valence-corrected chi connectivity index (χ2v) is 7.39. The zero-order chi connectivity index (χ0) is 17.1. The molecule has 0 aliphatic carbocycles. The minimum atomic E-state index is 0.0119. The third-order valence-corrected chi connectivity index (χ3v) is 5.42. The van der Waals surface area contributed by atoms with E-state index in [1.807, 2.05) is 24.3 Å². The maximum absolute atomic E-state index is 12.1. The molecule has 1 atom stereocenters. The van der Waals surface area contributed by atoms with Crippen molar-refractivity contribution < 1.29 is 9.53 Å². The van der Waals surface area contributed by atoms with Gasteiger partial charge in [-0.2, -0.15) is 0 Å². The monoisotopic (exact) mass is 352 g/mol. The number of hydrogen-bond acceptors (Lipinski definition) is 4. The van der Waals surface area contributed by atoms with E-state index in [9.17, 15) is 4.79 Å². The average Bonchev–Trinajstić information content (AvgIpc) is 3.29. The summed E-state index contributed by atoms with van der Waals surface area (Å²) in [6.07, 6.45) is 2.62. The van der Waals surface area contributed by atoms with Gasteiger partial charge in [-0.1, -0.05) is 36.4 Å². The molecule has 0 bridgehead atoms. The first-order valence-electron chi connectivity index (χ1n) is 8.61. The van der Waals surface area contributed by atoms with Gasteiger partial charge in [0, 0.05) is 13.2 Å². The van der Waals surface area contributed by atoms with Crippen LogP contribution in [0.5, 0.6) is 0 Å². The van der Waals surface area contributed by atoms with E-state index in [1.54, 1.807) is 11.3 Å². The molecule has 2 heterocycles. The minimum absolute atomic E-state index is 0.0119. The molecular weight excluding hydrogens is 332 g/mol. The lowest BCUT2D eigenvalue weighted by Gasteiger charge is -2.09. The van der Waals surface area contributed by atoms with Gasteiger partial charge in [-0.15, -0.1) is 11.3 Å². The summed E-state index contributed by atoms with van der Waals surface area (Å²) in [6.45, 7) is 1.41. The standard InChI is InChI=1S/C20H20N2O2S/c23-19(21-13-16-7-4-10-24-16)12-20-22-17-9-8-15(11-18(17)25-20)14-5-2-1-3-6-14/h1-3,5-6,8-9,11,16H,4,7,10,12-13H2,(H,21,23). The highest BCUT2D eigenvalue weighted by Gasteiger charge is 2.17. The van der Waals surface area contributed by atoms with Crippen molar-refractivity contribution in [2.24, 2.45) is 0 Å². The molecule has 1 aliphatic heterocycles. The van der Waals surface area contributed by atoms with Gasteiger partial charge in [-0.25, -0.2) is 4.98 Å². The molecule has 1 amide bonds. The Morgan fingerprint density at radius 1 is 1.20 bits per heavy atom. The Bertz CT molecular complexity index is 870. The third kappa shape index (κ3) is 3.89. The number of ether oxygens (including phenoxy) is 1. The number of benzene rings is 2. The van der Waals surface area contributed by atoms with Crippen LogP contribution in [0.25, 0.3) is 21.3 Å². The van der Waals surface area contributed by atoms with Crippen LogP contribution < -0.4 is 5.32 Å². The molecule has 4 nitrogen and oxygen atoms in total. The molecule has 0 spiro atoms. The molecule has 1 aromatic heterocycles. The molecule has 5 heteroatoms. The van der Waals surface area contributed by atoms with Crippen molar-refractivity contribution in [2.75, 3.05) is 13.2 Å². The molecule has 2 aromatic carbocycles. The first kappa shape index (κ1) is 16.2. The number of rotatable bonds is 5. The van der Waals surface area contributed by atoms with Crippen LogP contribution in [0.1, 0.15) is 17.8 Å². The molecule has 1 fully saturated rings. The molecular formula is C20H20N2O2S. The van der Waals surface area contributed by atoms with Crippen molar-refractivity contribution in [2.45, 2.75) is 25.4 Å². The summed E-state index contributed by atoms with van der Waals surface area (Å²) >= 11 is 1.59. The molecule has 1 saturated heterocycles. The Hall–Kier alpha value is -2.24. The summed E-state index contributed by atoms with van der Waals surface area (Å²) in [5.41, 5.74) is 3.31. The summed E-state index contributed by atoms with van der Waals surface area (Å²) in [4.78, 5) is 16.7. The van der Waals surface area contributed by atoms with Crippen molar-refractivity contribution in [1.29, 1.82) is 0 Å². The number of aromatic nitrogens is 1. The van der Waals surface area contributed by atoms with Crippen LogP contribution in [0.15, 0.2) is 48.5 Å². The summed E-state index contributed by atoms with van der Waals surface area (Å²) < 4.78 is 6.64. The quantitative estimate of drug-likeness (QED) is 0.760. The first-order valence-corrected chi connectivity index (χ1v) is 9.43. The van der Waals surface area contributed by atoms with Crippen LogP contribution in [0.2, 0.25) is 0 Å². The zero-order valence-electron chi connectivity index (χ0n) is 13.9. The van der Waals surface area contributed by atoms with Crippen LogP contribution in [0.4, 0.5) is 0 Å². The number of fused-ring (bicyclic) bond motifs is 1. The Morgan fingerprint density at radius 2 is 2.08 bits per heavy atom. The van der Waals surface area contributed by atoms with Gasteiger partial charge in [0.05, 0.1) is 22.7 Å². The SMILES string of the molecule is O=C(Cc1nc2ccc(-c3ccccc3)cc2s1)NCC1CCCO1. The van der Waals surface area contributed by atoms with E-state index < -0.39 is 0 Å². The minimum Gasteiger partial charge on any atom is -0.376 e. The predicted octanol–water partition coefficient (Wildman–Crippen LogP) is 3.80. The lowest BCUT2D eigenvalue weighted by Crippen LogP contribution is -2.32. The van der Waals surface area contributed by atoms with Crippen LogP contribution in [-0.4, -0.2) is 30.1 Å². The summed E-state index contributed by atoms with van der Waals surface area (Å²) in [5.74, 6) is 0.0119. The number of hydrogen-bond donors (Lipinski definition) is 1. The highest BCUT2D eigenvalue weighted by atomic mass is 32.1. The van der Waals surface area contributed by atoms with Crippen LogP contribution in [0.3, 0.4) is 0 Å². The number of nitrogens with zero attached hydrogens (tertiary/aromatic N) is 1. The molecule has 1 N–H and O–H groups in total. The molecule has 0 radical (unpaired) electrons. The van der Waals surface area contributed by atoms with E-state index in [-0.39, 0.29) is 12.0 Å². The van der Waals surface area contributed by atoms with E-state index in [0.29, 0.717) is 13.0 Å². The maximum atomic E-state index is 12.1. The number of carbonyl (C=O) groups excluding carboxylic acids is 1. The summed E-state index contributed by atoms with van der Waals surface area (Å²) in [7, 11) is 0. The number of nitrogens with one attached hydrogen (secondary N) is 1. The third-order valence-electron chi connectivity index (χ3n) is 4.40. The first-order chi connectivity index (χ1) is 12.3. The molecule has 128 valence electrons. The van der Waals surface area contributed by atoms with Crippen molar-refractivity contribution in [1.82, 2.24) is 10.3 Å². The molecule has 1 unspecified atom stereocenters. The Balaban J connectivity index is 1.44. The maximum Gasteiger partial charge on any atom is 0.226 e. The van der Waals surface area contributed by atoms with Crippen molar-refractivity contribution in [3.05, 3.63) is 53.5 Å². The van der Waals surface area contributed by atoms with E-state index >= 15 is 0 Å². The Labute approximate surface area is 150 Å². The number of amides is 1. The van der Waals surface area contributed by atoms with Crippen molar-refractivity contribution in [3.8, 4) is 11.1 Å². The smallest absolute Gasteiger partial charge is 0.226 e. The summed E-state index contributed by atoms with van der Waals surface area (Å²) in [6, 6.07) is 16.5. The van der Waals surface area contributed by atoms with Gasteiger partial charge in [0.1, 0.15) is 5.01 Å². The van der Waals surface area contributed by atoms with Gasteiger partial charge < -0.3 is 10.1 Å². The predicted molar refractivity (Wildman–Crippen MR) is 101 cm³/mol. The topological polar surface area (TPSA) is 51.2 Å². The van der Waals surface area contributed by atoms with Gasteiger partial charge in [0.15, 0.2) is 0 Å². The number of carbonyl (C=O) groups is 1. The lowest BCUT2D eigenvalue weighted by atomic mass is 10.1. The van der Waals surface area contributed by atoms with E-state index in [0.717, 1.165) is 34.7 Å². The van der Waals surface area contributed by atoms with Gasteiger partial charge in [0.25, 0.3) is 0 Å². The van der Waals surface area contributed by atoms with Gasteiger partial charge >= 0.3 is 0 Å². The molecule has 1 aliphatic rings. The summed E-state index contributed by atoms with van der Waals surface area (Å²) in [5, 5.41) is 3.81. The van der Waals surface area contributed by atoms with Crippen LogP contribution >= 0.6 is 11.3 Å². The molecule has 4 rings (SSSR count). The van der Waals surface area contributed by atoms with Crippen molar-refractivity contribution >= 4 is 27.5 Å². The fourth-order valence-corrected chi connectivity index (χ4v) is 4.10. The highest BCUT2D eigenvalue weighted by molar-refractivity contribution is 7.18. The Morgan fingerprint density at radius 3 is 2.88 bits per heavy atom. The van der Waals surface area contributed by atoms with Gasteiger partial charge in [-0.3, -0.25) is 4.79 Å². The van der Waals surface area contributed by atoms with E-state index in [1.165, 1.54) is 11.1 Å². The highest BCUT2D eigenvalue weighted by Crippen LogP contribution is 2.28. The number of thiazole rings is 1. The average molecular weight is 352 g/mol. The van der Waals surface area contributed by atoms with Gasteiger partial charge in [-0.05, 0) is 36.1 Å². The van der Waals surface area contributed by atoms with Crippen molar-refractivity contribution in [3.63, 3.8) is 0 Å². The lowest BCUT2D eigenvalue weighted by molar-refractivity contribution is -0.120. The van der Waals surface area contributed by atoms with Gasteiger partial charge in [0.2, 0.25) is 5.91 Å². The van der Waals surface area contributed by atoms with Crippen LogP contribution in [0, 0.1) is 0 Å². The second-order valence-electron chi connectivity index (χ2n) is 6.27. The fraction of sp³-hybridized carbons (Fsp3) is 0.300.